The minimum Gasteiger partial charge on any atom is -0.335 e. The Labute approximate surface area is 112 Å². The van der Waals surface area contributed by atoms with E-state index in [4.69, 9.17) is 0 Å². The fourth-order valence-electron chi connectivity index (χ4n) is 2.14. The molecule has 0 atom stereocenters. The van der Waals surface area contributed by atoms with Gasteiger partial charge in [0.25, 0.3) is 5.69 Å². The second-order valence-electron chi connectivity index (χ2n) is 4.42. The van der Waals surface area contributed by atoms with E-state index in [9.17, 15) is 10.1 Å². The minimum absolute atomic E-state index is 0.194. The molecule has 1 aromatic heterocycles. The predicted octanol–water partition coefficient (Wildman–Crippen LogP) is 2.99. The van der Waals surface area contributed by atoms with Crippen molar-refractivity contribution in [3.63, 3.8) is 0 Å². The van der Waals surface area contributed by atoms with E-state index < -0.39 is 0 Å². The average molecular weight is 259 g/mol. The summed E-state index contributed by atoms with van der Waals surface area (Å²) in [5, 5.41) is 10.9. The zero-order valence-corrected chi connectivity index (χ0v) is 11.0. The van der Waals surface area contributed by atoms with Crippen molar-refractivity contribution in [3.8, 4) is 0 Å². The van der Waals surface area contributed by atoms with Crippen LogP contribution >= 0.6 is 0 Å². The molecule has 0 N–H and O–H groups in total. The molecule has 0 aliphatic carbocycles. The molecule has 0 aliphatic rings. The van der Waals surface area contributed by atoms with E-state index in [0.717, 1.165) is 30.8 Å². The third-order valence-electron chi connectivity index (χ3n) is 3.09. The lowest BCUT2D eigenvalue weighted by atomic mass is 10.1. The third-order valence-corrected chi connectivity index (χ3v) is 3.09. The van der Waals surface area contributed by atoms with Crippen molar-refractivity contribution in [1.82, 2.24) is 9.55 Å². The fourth-order valence-corrected chi connectivity index (χ4v) is 2.14. The number of rotatable bonds is 6. The predicted molar refractivity (Wildman–Crippen MR) is 73.0 cm³/mol. The van der Waals surface area contributed by atoms with Gasteiger partial charge < -0.3 is 4.57 Å². The maximum atomic E-state index is 10.9. The molecule has 100 valence electrons. The first-order valence-corrected chi connectivity index (χ1v) is 6.44. The molecule has 0 fully saturated rings. The Morgan fingerprint density at radius 2 is 2.11 bits per heavy atom. The summed E-state index contributed by atoms with van der Waals surface area (Å²) in [6, 6.07) is 6.90. The molecule has 0 unspecified atom stereocenters. The molecule has 1 aromatic carbocycles. The second-order valence-corrected chi connectivity index (χ2v) is 4.42. The number of nitro benzene ring substituents is 1. The van der Waals surface area contributed by atoms with Gasteiger partial charge in [-0.1, -0.05) is 25.1 Å². The van der Waals surface area contributed by atoms with Crippen molar-refractivity contribution >= 4 is 5.69 Å². The normalized spacial score (nSPS) is 10.6. The molecule has 0 aliphatic heterocycles. The molecule has 5 heteroatoms. The SMILES string of the molecule is CCCc1nccn1CCc1ccccc1[N+](=O)[O-]. The van der Waals surface area contributed by atoms with Crippen LogP contribution in [0.15, 0.2) is 36.7 Å². The summed E-state index contributed by atoms with van der Waals surface area (Å²) in [5.74, 6) is 1.04. The maximum absolute atomic E-state index is 10.9. The molecule has 0 amide bonds. The van der Waals surface area contributed by atoms with Crippen molar-refractivity contribution in [1.29, 1.82) is 0 Å². The minimum atomic E-state index is -0.323. The van der Waals surface area contributed by atoms with E-state index in [0.29, 0.717) is 6.42 Å². The van der Waals surface area contributed by atoms with E-state index in [1.807, 2.05) is 18.3 Å². The number of nitro groups is 1. The summed E-state index contributed by atoms with van der Waals surface area (Å²) in [6.07, 6.45) is 6.33. The number of aromatic nitrogens is 2. The highest BCUT2D eigenvalue weighted by Gasteiger charge is 2.12. The van der Waals surface area contributed by atoms with Gasteiger partial charge >= 0.3 is 0 Å². The van der Waals surface area contributed by atoms with Gasteiger partial charge in [-0.05, 0) is 12.8 Å². The lowest BCUT2D eigenvalue weighted by molar-refractivity contribution is -0.385. The number of nitrogens with zero attached hydrogens (tertiary/aromatic N) is 3. The van der Waals surface area contributed by atoms with Gasteiger partial charge in [0.1, 0.15) is 5.82 Å². The Bertz CT molecular complexity index is 563. The average Bonchev–Trinajstić information content (AvgIpc) is 2.84. The van der Waals surface area contributed by atoms with Crippen molar-refractivity contribution in [2.45, 2.75) is 32.7 Å². The number of para-hydroxylation sites is 1. The summed E-state index contributed by atoms with van der Waals surface area (Å²) >= 11 is 0. The highest BCUT2D eigenvalue weighted by molar-refractivity contribution is 5.39. The molecule has 1 heterocycles. The molecule has 2 aromatic rings. The molecule has 2 rings (SSSR count). The molecular formula is C14H17N3O2. The molecule has 0 radical (unpaired) electrons. The number of hydrogen-bond acceptors (Lipinski definition) is 3. The van der Waals surface area contributed by atoms with Crippen molar-refractivity contribution in [2.75, 3.05) is 0 Å². The van der Waals surface area contributed by atoms with E-state index in [2.05, 4.69) is 16.5 Å². The van der Waals surface area contributed by atoms with Crippen LogP contribution < -0.4 is 0 Å². The van der Waals surface area contributed by atoms with Crippen molar-refractivity contribution in [2.24, 2.45) is 0 Å². The van der Waals surface area contributed by atoms with Crippen LogP contribution in [-0.2, 0) is 19.4 Å². The Morgan fingerprint density at radius 3 is 2.84 bits per heavy atom. The molecule has 0 saturated heterocycles. The number of imidazole rings is 1. The highest BCUT2D eigenvalue weighted by Crippen LogP contribution is 2.18. The van der Waals surface area contributed by atoms with Crippen LogP contribution in [-0.4, -0.2) is 14.5 Å². The zero-order chi connectivity index (χ0) is 13.7. The van der Waals surface area contributed by atoms with E-state index >= 15 is 0 Å². The van der Waals surface area contributed by atoms with Crippen LogP contribution in [0.5, 0.6) is 0 Å². The molecule has 0 saturated carbocycles. The molecule has 0 spiro atoms. The van der Waals surface area contributed by atoms with Gasteiger partial charge in [-0.3, -0.25) is 10.1 Å². The molecule has 19 heavy (non-hydrogen) atoms. The van der Waals surface area contributed by atoms with Gasteiger partial charge in [0.15, 0.2) is 0 Å². The Hall–Kier alpha value is -2.17. The monoisotopic (exact) mass is 259 g/mol. The lowest BCUT2D eigenvalue weighted by Gasteiger charge is -2.07. The Morgan fingerprint density at radius 1 is 1.32 bits per heavy atom. The van der Waals surface area contributed by atoms with Crippen LogP contribution in [0.25, 0.3) is 0 Å². The second kappa shape index (κ2) is 6.13. The first-order valence-electron chi connectivity index (χ1n) is 6.44. The summed E-state index contributed by atoms with van der Waals surface area (Å²) in [7, 11) is 0. The third kappa shape index (κ3) is 3.19. The van der Waals surface area contributed by atoms with Gasteiger partial charge in [0.05, 0.1) is 4.92 Å². The largest absolute Gasteiger partial charge is 0.335 e. The highest BCUT2D eigenvalue weighted by atomic mass is 16.6. The van der Waals surface area contributed by atoms with Gasteiger partial charge in [-0.2, -0.15) is 0 Å². The summed E-state index contributed by atoms with van der Waals surface area (Å²) in [5.41, 5.74) is 0.961. The van der Waals surface area contributed by atoms with E-state index in [-0.39, 0.29) is 10.6 Å². The summed E-state index contributed by atoms with van der Waals surface area (Å²) in [6.45, 7) is 2.83. The van der Waals surface area contributed by atoms with E-state index in [1.165, 1.54) is 0 Å². The van der Waals surface area contributed by atoms with Crippen LogP contribution in [0.2, 0.25) is 0 Å². The van der Waals surface area contributed by atoms with Crippen LogP contribution in [0.4, 0.5) is 5.69 Å². The molecule has 5 nitrogen and oxygen atoms in total. The lowest BCUT2D eigenvalue weighted by Crippen LogP contribution is -2.06. The van der Waals surface area contributed by atoms with Crippen LogP contribution in [0.3, 0.4) is 0 Å². The number of benzene rings is 1. The van der Waals surface area contributed by atoms with Gasteiger partial charge in [0.2, 0.25) is 0 Å². The molecular weight excluding hydrogens is 242 g/mol. The standard InChI is InChI=1S/C14H17N3O2/c1-2-5-14-15-9-11-16(14)10-8-12-6-3-4-7-13(12)17(18)19/h3-4,6-7,9,11H,2,5,8,10H2,1H3. The van der Waals surface area contributed by atoms with Crippen LogP contribution in [0, 0.1) is 10.1 Å². The number of aryl methyl sites for hydroxylation is 3. The quantitative estimate of drug-likeness (QED) is 0.592. The summed E-state index contributed by atoms with van der Waals surface area (Å²) in [4.78, 5) is 14.9. The fraction of sp³-hybridized carbons (Fsp3) is 0.357. The maximum Gasteiger partial charge on any atom is 0.272 e. The Kier molecular flexibility index (Phi) is 4.28. The van der Waals surface area contributed by atoms with Crippen molar-refractivity contribution in [3.05, 3.63) is 58.2 Å². The smallest absolute Gasteiger partial charge is 0.272 e. The van der Waals surface area contributed by atoms with Gasteiger partial charge in [-0.15, -0.1) is 0 Å². The zero-order valence-electron chi connectivity index (χ0n) is 11.0. The first-order chi connectivity index (χ1) is 9.22. The summed E-state index contributed by atoms with van der Waals surface area (Å²) < 4.78 is 2.07. The van der Waals surface area contributed by atoms with Gasteiger partial charge in [-0.25, -0.2) is 4.98 Å². The van der Waals surface area contributed by atoms with Crippen LogP contribution in [0.1, 0.15) is 24.7 Å². The Balaban J connectivity index is 2.10. The molecule has 0 bridgehead atoms. The van der Waals surface area contributed by atoms with Crippen molar-refractivity contribution < 1.29 is 4.92 Å². The number of hydrogen-bond donors (Lipinski definition) is 0. The topological polar surface area (TPSA) is 61.0 Å². The van der Waals surface area contributed by atoms with E-state index in [1.54, 1.807) is 18.3 Å². The van der Waals surface area contributed by atoms with Gasteiger partial charge in [0, 0.05) is 37.0 Å². The first kappa shape index (κ1) is 13.3.